The molecule has 2 heterocycles. The number of rotatable bonds is 3. The number of primary amides is 1. The Hall–Kier alpha value is -2.23. The lowest BCUT2D eigenvalue weighted by molar-refractivity contribution is -0.144. The summed E-state index contributed by atoms with van der Waals surface area (Å²) in [7, 11) is 0. The van der Waals surface area contributed by atoms with E-state index in [9.17, 15) is 18.0 Å². The Balaban J connectivity index is 2.29. The summed E-state index contributed by atoms with van der Waals surface area (Å²) in [5, 5.41) is 0. The van der Waals surface area contributed by atoms with Crippen LogP contribution in [0.5, 0.6) is 0 Å². The molecule has 0 atom stereocenters. The van der Waals surface area contributed by atoms with Crippen molar-refractivity contribution in [2.24, 2.45) is 5.73 Å². The third-order valence-electron chi connectivity index (χ3n) is 2.51. The Kier molecular flexibility index (Phi) is 4.59. The average Bonchev–Trinajstić information content (AvgIpc) is 2.45. The van der Waals surface area contributed by atoms with Crippen LogP contribution in [0, 0.1) is 0 Å². The fourth-order valence-corrected chi connectivity index (χ4v) is 1.84. The zero-order valence-corrected chi connectivity index (χ0v) is 12.3. The quantitative estimate of drug-likeness (QED) is 0.888. The van der Waals surface area contributed by atoms with E-state index >= 15 is 0 Å². The molecular formula is C12H8BrF3N4O2. The first kappa shape index (κ1) is 16.1. The number of halogens is 4. The van der Waals surface area contributed by atoms with Gasteiger partial charge >= 0.3 is 12.3 Å². The van der Waals surface area contributed by atoms with Crippen LogP contribution in [0.25, 0.3) is 11.3 Å². The van der Waals surface area contributed by atoms with Crippen molar-refractivity contribution in [1.82, 2.24) is 15.0 Å². The van der Waals surface area contributed by atoms with Gasteiger partial charge in [-0.3, -0.25) is 4.98 Å². The molecule has 2 rings (SSSR count). The number of aromatic nitrogens is 3. The summed E-state index contributed by atoms with van der Waals surface area (Å²) in [4.78, 5) is 21.2. The highest BCUT2D eigenvalue weighted by molar-refractivity contribution is 9.10. The topological polar surface area (TPSA) is 91.0 Å². The molecule has 10 heteroatoms. The molecule has 0 aliphatic carbocycles. The summed E-state index contributed by atoms with van der Waals surface area (Å²) in [6, 6.07) is 1.53. The van der Waals surface area contributed by atoms with E-state index in [1.807, 2.05) is 0 Å². The number of ether oxygens (including phenoxy) is 1. The Bertz CT molecular complexity index is 692. The Morgan fingerprint density at radius 2 is 1.86 bits per heavy atom. The summed E-state index contributed by atoms with van der Waals surface area (Å²) in [5.41, 5.74) is 6.05. The molecule has 1 amide bonds. The molecule has 116 valence electrons. The minimum Gasteiger partial charge on any atom is -0.445 e. The van der Waals surface area contributed by atoms with Crippen molar-refractivity contribution >= 4 is 22.0 Å². The second-order valence-electron chi connectivity index (χ2n) is 4.06. The van der Waals surface area contributed by atoms with Gasteiger partial charge in [-0.25, -0.2) is 14.8 Å². The van der Waals surface area contributed by atoms with Crippen LogP contribution >= 0.6 is 15.9 Å². The van der Waals surface area contributed by atoms with E-state index in [2.05, 4.69) is 35.6 Å². The maximum Gasteiger partial charge on any atom is 0.451 e. The summed E-state index contributed by atoms with van der Waals surface area (Å²) < 4.78 is 42.4. The van der Waals surface area contributed by atoms with Gasteiger partial charge in [0.05, 0.1) is 5.69 Å². The first-order chi connectivity index (χ1) is 10.3. The van der Waals surface area contributed by atoms with Gasteiger partial charge < -0.3 is 10.5 Å². The van der Waals surface area contributed by atoms with E-state index in [0.29, 0.717) is 21.3 Å². The van der Waals surface area contributed by atoms with Crippen molar-refractivity contribution < 1.29 is 22.7 Å². The van der Waals surface area contributed by atoms with Crippen molar-refractivity contribution in [2.75, 3.05) is 0 Å². The van der Waals surface area contributed by atoms with E-state index in [1.54, 1.807) is 0 Å². The lowest BCUT2D eigenvalue weighted by atomic mass is 10.1. The zero-order valence-electron chi connectivity index (χ0n) is 10.8. The van der Waals surface area contributed by atoms with E-state index in [4.69, 9.17) is 5.73 Å². The highest BCUT2D eigenvalue weighted by atomic mass is 79.9. The molecule has 2 aromatic rings. The van der Waals surface area contributed by atoms with Gasteiger partial charge in [0.25, 0.3) is 0 Å². The Morgan fingerprint density at radius 3 is 2.41 bits per heavy atom. The maximum absolute atomic E-state index is 12.4. The van der Waals surface area contributed by atoms with Gasteiger partial charge in [-0.2, -0.15) is 13.2 Å². The van der Waals surface area contributed by atoms with Crippen LogP contribution in [-0.4, -0.2) is 21.0 Å². The van der Waals surface area contributed by atoms with Gasteiger partial charge in [-0.15, -0.1) is 0 Å². The molecule has 0 aliphatic heterocycles. The van der Waals surface area contributed by atoms with Crippen molar-refractivity contribution in [3.8, 4) is 11.3 Å². The number of amides is 1. The minimum atomic E-state index is -4.60. The highest BCUT2D eigenvalue weighted by Gasteiger charge is 2.34. The molecule has 0 radical (unpaired) electrons. The van der Waals surface area contributed by atoms with E-state index < -0.39 is 18.1 Å². The van der Waals surface area contributed by atoms with Crippen LogP contribution in [0.4, 0.5) is 18.0 Å². The van der Waals surface area contributed by atoms with Crippen molar-refractivity contribution in [2.45, 2.75) is 12.8 Å². The van der Waals surface area contributed by atoms with Crippen LogP contribution < -0.4 is 5.73 Å². The monoisotopic (exact) mass is 376 g/mol. The molecule has 0 saturated carbocycles. The molecule has 0 spiro atoms. The number of alkyl halides is 3. The van der Waals surface area contributed by atoms with E-state index in [-0.39, 0.29) is 6.61 Å². The number of hydrogen-bond donors (Lipinski definition) is 1. The summed E-state index contributed by atoms with van der Waals surface area (Å²) in [5.74, 6) is -1.23. The molecule has 6 nitrogen and oxygen atoms in total. The van der Waals surface area contributed by atoms with Crippen LogP contribution in [0.15, 0.2) is 29.1 Å². The first-order valence-electron chi connectivity index (χ1n) is 5.73. The molecule has 0 fully saturated rings. The molecule has 0 aliphatic rings. The fraction of sp³-hybridized carbons (Fsp3) is 0.167. The third-order valence-corrected chi connectivity index (χ3v) is 3.22. The number of hydrogen-bond acceptors (Lipinski definition) is 5. The second-order valence-corrected chi connectivity index (χ2v) is 4.92. The average molecular weight is 377 g/mol. The van der Waals surface area contributed by atoms with Crippen molar-refractivity contribution in [3.63, 3.8) is 0 Å². The Morgan fingerprint density at radius 1 is 1.23 bits per heavy atom. The molecule has 0 bridgehead atoms. The second kappa shape index (κ2) is 6.26. The number of carbonyl (C=O) groups excluding carboxylic acids is 1. The predicted molar refractivity (Wildman–Crippen MR) is 72.3 cm³/mol. The first-order valence-corrected chi connectivity index (χ1v) is 6.53. The summed E-state index contributed by atoms with van der Waals surface area (Å²) in [6.07, 6.45) is -2.09. The standard InChI is InChI=1S/C12H8BrF3N4O2/c13-8-4-18-9(1-6(8)5-22-11(17)21)7-2-19-10(20-3-7)12(14,15)16/h1-4H,5H2,(H2,17,21). The SMILES string of the molecule is NC(=O)OCc1cc(-c2cnc(C(F)(F)F)nc2)ncc1Br. The van der Waals surface area contributed by atoms with Gasteiger partial charge in [0.1, 0.15) is 6.61 Å². The smallest absolute Gasteiger partial charge is 0.445 e. The maximum atomic E-state index is 12.4. The molecule has 2 aromatic heterocycles. The fourth-order valence-electron chi connectivity index (χ4n) is 1.50. The van der Waals surface area contributed by atoms with Crippen LogP contribution in [-0.2, 0) is 17.5 Å². The van der Waals surface area contributed by atoms with Gasteiger partial charge in [0.15, 0.2) is 0 Å². The van der Waals surface area contributed by atoms with Crippen LogP contribution in [0.3, 0.4) is 0 Å². The van der Waals surface area contributed by atoms with Crippen LogP contribution in [0.1, 0.15) is 11.4 Å². The van der Waals surface area contributed by atoms with Crippen LogP contribution in [0.2, 0.25) is 0 Å². The molecule has 2 N–H and O–H groups in total. The largest absolute Gasteiger partial charge is 0.451 e. The lowest BCUT2D eigenvalue weighted by Crippen LogP contribution is -2.13. The number of pyridine rings is 1. The van der Waals surface area contributed by atoms with Crippen molar-refractivity contribution in [3.05, 3.63) is 40.5 Å². The number of nitrogens with two attached hydrogens (primary N) is 1. The van der Waals surface area contributed by atoms with E-state index in [0.717, 1.165) is 12.4 Å². The molecule has 0 aromatic carbocycles. The zero-order chi connectivity index (χ0) is 16.3. The lowest BCUT2D eigenvalue weighted by Gasteiger charge is -2.08. The number of carbonyl (C=O) groups is 1. The van der Waals surface area contributed by atoms with Gasteiger partial charge in [0, 0.05) is 34.2 Å². The molecular weight excluding hydrogens is 369 g/mol. The van der Waals surface area contributed by atoms with Gasteiger partial charge in [0.2, 0.25) is 5.82 Å². The molecule has 0 saturated heterocycles. The van der Waals surface area contributed by atoms with Gasteiger partial charge in [-0.05, 0) is 22.0 Å². The molecule has 22 heavy (non-hydrogen) atoms. The normalized spacial score (nSPS) is 11.3. The summed E-state index contributed by atoms with van der Waals surface area (Å²) in [6.45, 7) is -0.104. The third kappa shape index (κ3) is 3.91. The molecule has 0 unspecified atom stereocenters. The number of nitrogens with zero attached hydrogens (tertiary/aromatic N) is 3. The summed E-state index contributed by atoms with van der Waals surface area (Å²) >= 11 is 3.22. The van der Waals surface area contributed by atoms with Gasteiger partial charge in [-0.1, -0.05) is 0 Å². The van der Waals surface area contributed by atoms with Crippen molar-refractivity contribution in [1.29, 1.82) is 0 Å². The minimum absolute atomic E-state index is 0.104. The Labute approximate surface area is 130 Å². The highest BCUT2D eigenvalue weighted by Crippen LogP contribution is 2.27. The predicted octanol–water partition coefficient (Wildman–Crippen LogP) is 2.92. The van der Waals surface area contributed by atoms with E-state index in [1.165, 1.54) is 12.3 Å².